The molecule has 0 saturated heterocycles. The first kappa shape index (κ1) is 17.2. The van der Waals surface area contributed by atoms with Crippen molar-refractivity contribution in [2.75, 3.05) is 17.8 Å². The molecule has 124 valence electrons. The first-order valence-corrected chi connectivity index (χ1v) is 10.1. The van der Waals surface area contributed by atoms with E-state index in [9.17, 15) is 16.8 Å². The van der Waals surface area contributed by atoms with Crippen molar-refractivity contribution < 1.29 is 16.8 Å². The number of anilines is 1. The Labute approximate surface area is 131 Å². The number of benzene rings is 1. The molecule has 0 heterocycles. The minimum atomic E-state index is -3.68. The predicted molar refractivity (Wildman–Crippen MR) is 85.2 cm³/mol. The van der Waals surface area contributed by atoms with E-state index in [1.165, 1.54) is 28.6 Å². The lowest BCUT2D eigenvalue weighted by atomic mass is 10.3. The minimum absolute atomic E-state index is 0.000947. The maximum absolute atomic E-state index is 12.2. The van der Waals surface area contributed by atoms with Crippen LogP contribution in [0.25, 0.3) is 0 Å². The quantitative estimate of drug-likeness (QED) is 0.737. The van der Waals surface area contributed by atoms with Crippen LogP contribution in [0.2, 0.25) is 0 Å². The Balaban J connectivity index is 2.21. The van der Waals surface area contributed by atoms with Gasteiger partial charge in [0.2, 0.25) is 10.0 Å². The number of nitrogens with zero attached hydrogens (tertiary/aromatic N) is 1. The van der Waals surface area contributed by atoms with E-state index in [4.69, 9.17) is 0 Å². The summed E-state index contributed by atoms with van der Waals surface area (Å²) in [6.45, 7) is 4.16. The summed E-state index contributed by atoms with van der Waals surface area (Å²) in [7, 11) is -7.29. The lowest BCUT2D eigenvalue weighted by Crippen LogP contribution is -2.35. The van der Waals surface area contributed by atoms with Crippen molar-refractivity contribution in [3.05, 3.63) is 24.3 Å². The first-order valence-electron chi connectivity index (χ1n) is 7.18. The number of nitrogens with one attached hydrogen (secondary N) is 2. The third-order valence-corrected chi connectivity index (χ3v) is 6.54. The standard InChI is InChI=1S/C13H21N3O4S2/c1-3-16(4-2)22(19,20)15-12-6-5-7-13(10-12)21(17,18)14-11-8-9-11/h5-7,10-11,14-15H,3-4,8-9H2,1-2H3. The molecule has 1 aliphatic rings. The van der Waals surface area contributed by atoms with Crippen LogP contribution in [0.15, 0.2) is 29.2 Å². The van der Waals surface area contributed by atoms with Gasteiger partial charge >= 0.3 is 10.2 Å². The van der Waals surface area contributed by atoms with Gasteiger partial charge in [-0.25, -0.2) is 13.1 Å². The lowest BCUT2D eigenvalue weighted by molar-refractivity contribution is 0.449. The number of hydrogen-bond donors (Lipinski definition) is 2. The van der Waals surface area contributed by atoms with E-state index in [-0.39, 0.29) is 16.6 Å². The fourth-order valence-corrected chi connectivity index (χ4v) is 4.58. The van der Waals surface area contributed by atoms with Crippen LogP contribution in [-0.4, -0.2) is 40.3 Å². The highest BCUT2D eigenvalue weighted by Gasteiger charge is 2.28. The Hall–Kier alpha value is -1.16. The van der Waals surface area contributed by atoms with E-state index in [0.717, 1.165) is 12.8 Å². The van der Waals surface area contributed by atoms with Crippen LogP contribution < -0.4 is 9.44 Å². The third-order valence-electron chi connectivity index (χ3n) is 3.34. The molecular weight excluding hydrogens is 326 g/mol. The van der Waals surface area contributed by atoms with E-state index < -0.39 is 20.2 Å². The van der Waals surface area contributed by atoms with Crippen LogP contribution >= 0.6 is 0 Å². The van der Waals surface area contributed by atoms with Gasteiger partial charge in [-0.05, 0) is 31.0 Å². The number of rotatable bonds is 8. The van der Waals surface area contributed by atoms with Gasteiger partial charge in [0, 0.05) is 19.1 Å². The molecule has 0 aliphatic heterocycles. The van der Waals surface area contributed by atoms with Gasteiger partial charge < -0.3 is 0 Å². The molecule has 0 spiro atoms. The molecule has 22 heavy (non-hydrogen) atoms. The van der Waals surface area contributed by atoms with Crippen LogP contribution in [0, 0.1) is 0 Å². The summed E-state index contributed by atoms with van der Waals surface area (Å²) in [5.74, 6) is 0. The number of sulfonamides is 1. The summed E-state index contributed by atoms with van der Waals surface area (Å²) >= 11 is 0. The van der Waals surface area contributed by atoms with Crippen LogP contribution in [-0.2, 0) is 20.2 Å². The van der Waals surface area contributed by atoms with Crippen molar-refractivity contribution in [3.63, 3.8) is 0 Å². The summed E-state index contributed by atoms with van der Waals surface area (Å²) < 4.78 is 54.9. The molecule has 0 radical (unpaired) electrons. The highest BCUT2D eigenvalue weighted by molar-refractivity contribution is 7.90. The molecule has 0 aromatic heterocycles. The van der Waals surface area contributed by atoms with Gasteiger partial charge in [-0.3, -0.25) is 4.72 Å². The molecule has 0 atom stereocenters. The number of hydrogen-bond acceptors (Lipinski definition) is 4. The largest absolute Gasteiger partial charge is 0.301 e. The van der Waals surface area contributed by atoms with Gasteiger partial charge in [-0.15, -0.1) is 0 Å². The smallest absolute Gasteiger partial charge is 0.271 e. The summed E-state index contributed by atoms with van der Waals surface area (Å²) in [5.41, 5.74) is 0.227. The van der Waals surface area contributed by atoms with Crippen molar-refractivity contribution in [2.45, 2.75) is 37.6 Å². The molecule has 1 aromatic rings. The van der Waals surface area contributed by atoms with Crippen LogP contribution in [0.5, 0.6) is 0 Å². The Bertz CT molecular complexity index is 723. The molecule has 1 saturated carbocycles. The van der Waals surface area contributed by atoms with E-state index in [2.05, 4.69) is 9.44 Å². The Morgan fingerprint density at radius 1 is 1.14 bits per heavy atom. The van der Waals surface area contributed by atoms with Crippen molar-refractivity contribution in [3.8, 4) is 0 Å². The second kappa shape index (κ2) is 6.53. The predicted octanol–water partition coefficient (Wildman–Crippen LogP) is 1.13. The second-order valence-electron chi connectivity index (χ2n) is 5.11. The Kier molecular flexibility index (Phi) is 5.10. The van der Waals surface area contributed by atoms with Crippen LogP contribution in [0.3, 0.4) is 0 Å². The van der Waals surface area contributed by atoms with Crippen molar-refractivity contribution >= 4 is 25.9 Å². The molecule has 1 aliphatic carbocycles. The monoisotopic (exact) mass is 347 g/mol. The maximum Gasteiger partial charge on any atom is 0.301 e. The Morgan fingerprint density at radius 3 is 2.32 bits per heavy atom. The van der Waals surface area contributed by atoms with Crippen molar-refractivity contribution in [1.29, 1.82) is 0 Å². The summed E-state index contributed by atoms with van der Waals surface area (Å²) in [5, 5.41) is 0. The molecule has 0 amide bonds. The van der Waals surface area contributed by atoms with Crippen molar-refractivity contribution in [1.82, 2.24) is 9.03 Å². The molecule has 0 bridgehead atoms. The average Bonchev–Trinajstić information content (AvgIpc) is 3.22. The van der Waals surface area contributed by atoms with E-state index in [1.807, 2.05) is 0 Å². The van der Waals surface area contributed by atoms with E-state index in [0.29, 0.717) is 13.1 Å². The van der Waals surface area contributed by atoms with Crippen LogP contribution in [0.4, 0.5) is 5.69 Å². The van der Waals surface area contributed by atoms with E-state index >= 15 is 0 Å². The van der Waals surface area contributed by atoms with Crippen LogP contribution in [0.1, 0.15) is 26.7 Å². The zero-order chi connectivity index (χ0) is 16.4. The molecule has 1 aromatic carbocycles. The fourth-order valence-electron chi connectivity index (χ4n) is 1.99. The van der Waals surface area contributed by atoms with E-state index in [1.54, 1.807) is 13.8 Å². The summed E-state index contributed by atoms with van der Waals surface area (Å²) in [6.07, 6.45) is 1.68. The fraction of sp³-hybridized carbons (Fsp3) is 0.538. The van der Waals surface area contributed by atoms with Gasteiger partial charge in [0.05, 0.1) is 10.6 Å². The maximum atomic E-state index is 12.2. The Morgan fingerprint density at radius 2 is 1.77 bits per heavy atom. The first-order chi connectivity index (χ1) is 10.3. The van der Waals surface area contributed by atoms with Gasteiger partial charge in [-0.1, -0.05) is 19.9 Å². The molecule has 1 fully saturated rings. The average molecular weight is 347 g/mol. The molecule has 2 N–H and O–H groups in total. The normalized spacial score (nSPS) is 16.0. The summed E-state index contributed by atoms with van der Waals surface area (Å²) in [6, 6.07) is 5.81. The SMILES string of the molecule is CCN(CC)S(=O)(=O)Nc1cccc(S(=O)(=O)NC2CC2)c1. The molecule has 9 heteroatoms. The highest BCUT2D eigenvalue weighted by atomic mass is 32.2. The van der Waals surface area contributed by atoms with Gasteiger partial charge in [-0.2, -0.15) is 12.7 Å². The van der Waals surface area contributed by atoms with Crippen molar-refractivity contribution in [2.24, 2.45) is 0 Å². The minimum Gasteiger partial charge on any atom is -0.271 e. The zero-order valence-electron chi connectivity index (χ0n) is 12.6. The second-order valence-corrected chi connectivity index (χ2v) is 8.50. The third kappa shape index (κ3) is 4.19. The molecule has 7 nitrogen and oxygen atoms in total. The molecule has 2 rings (SSSR count). The lowest BCUT2D eigenvalue weighted by Gasteiger charge is -2.19. The van der Waals surface area contributed by atoms with Gasteiger partial charge in [0.25, 0.3) is 0 Å². The van der Waals surface area contributed by atoms with Gasteiger partial charge in [0.1, 0.15) is 0 Å². The highest BCUT2D eigenvalue weighted by Crippen LogP contribution is 2.23. The molecular formula is C13H21N3O4S2. The topological polar surface area (TPSA) is 95.6 Å². The van der Waals surface area contributed by atoms with Gasteiger partial charge in [0.15, 0.2) is 0 Å². The zero-order valence-corrected chi connectivity index (χ0v) is 14.2. The summed E-state index contributed by atoms with van der Waals surface area (Å²) in [4.78, 5) is 0.0548. The molecule has 0 unspecified atom stereocenters.